The summed E-state index contributed by atoms with van der Waals surface area (Å²) in [5, 5.41) is 3.57. The third kappa shape index (κ3) is 5.36. The van der Waals surface area contributed by atoms with Gasteiger partial charge in [0.2, 0.25) is 0 Å². The second-order valence-corrected chi connectivity index (χ2v) is 5.58. The van der Waals surface area contributed by atoms with Crippen molar-refractivity contribution in [3.63, 3.8) is 0 Å². The van der Waals surface area contributed by atoms with Crippen molar-refractivity contribution in [1.29, 1.82) is 0 Å². The lowest BCUT2D eigenvalue weighted by Crippen LogP contribution is -2.47. The van der Waals surface area contributed by atoms with Gasteiger partial charge >= 0.3 is 0 Å². The lowest BCUT2D eigenvalue weighted by atomic mass is 9.96. The Morgan fingerprint density at radius 3 is 2.76 bits per heavy atom. The van der Waals surface area contributed by atoms with Crippen molar-refractivity contribution in [2.75, 3.05) is 33.4 Å². The van der Waals surface area contributed by atoms with E-state index < -0.39 is 0 Å². The maximum absolute atomic E-state index is 5.32. The number of piperidine rings is 1. The number of methoxy groups -OCH3 is 1. The van der Waals surface area contributed by atoms with Crippen molar-refractivity contribution in [2.24, 2.45) is 5.92 Å². The second kappa shape index (κ2) is 8.06. The Morgan fingerprint density at radius 1 is 1.41 bits per heavy atom. The average molecular weight is 242 g/mol. The molecule has 0 saturated carbocycles. The van der Waals surface area contributed by atoms with Gasteiger partial charge in [0.1, 0.15) is 0 Å². The smallest absolute Gasteiger partial charge is 0.0617 e. The molecule has 2 atom stereocenters. The van der Waals surface area contributed by atoms with Gasteiger partial charge in [-0.25, -0.2) is 0 Å². The fourth-order valence-corrected chi connectivity index (χ4v) is 2.67. The Bertz CT molecular complexity index is 197. The molecule has 0 aliphatic carbocycles. The van der Waals surface area contributed by atoms with E-state index in [1.54, 1.807) is 0 Å². The minimum atomic E-state index is 0.603. The Labute approximate surface area is 107 Å². The van der Waals surface area contributed by atoms with Crippen LogP contribution in [0.3, 0.4) is 0 Å². The van der Waals surface area contributed by atoms with E-state index in [0.717, 1.165) is 19.1 Å². The molecule has 1 fully saturated rings. The summed E-state index contributed by atoms with van der Waals surface area (Å²) in [6, 6.07) is 1.22. The van der Waals surface area contributed by atoms with E-state index in [2.05, 4.69) is 31.0 Å². The molecule has 0 aromatic rings. The molecule has 0 spiro atoms. The molecule has 1 saturated heterocycles. The van der Waals surface area contributed by atoms with Gasteiger partial charge < -0.3 is 10.1 Å². The van der Waals surface area contributed by atoms with Crippen molar-refractivity contribution in [1.82, 2.24) is 10.2 Å². The van der Waals surface area contributed by atoms with Gasteiger partial charge in [-0.05, 0) is 38.3 Å². The maximum atomic E-state index is 5.32. The van der Waals surface area contributed by atoms with Gasteiger partial charge in [-0.15, -0.1) is 0 Å². The molecule has 1 N–H and O–H groups in total. The summed E-state index contributed by atoms with van der Waals surface area (Å²) in [4.78, 5) is 2.62. The third-order valence-corrected chi connectivity index (χ3v) is 3.71. The molecule has 17 heavy (non-hydrogen) atoms. The SMILES string of the molecule is CCC(COC)N1CCCC(CNC(C)C)C1. The van der Waals surface area contributed by atoms with Crippen molar-refractivity contribution >= 4 is 0 Å². The van der Waals surface area contributed by atoms with Crippen LogP contribution in [0.15, 0.2) is 0 Å². The molecular weight excluding hydrogens is 212 g/mol. The van der Waals surface area contributed by atoms with Crippen LogP contribution in [0.2, 0.25) is 0 Å². The lowest BCUT2D eigenvalue weighted by Gasteiger charge is -2.38. The van der Waals surface area contributed by atoms with Gasteiger partial charge in [0.05, 0.1) is 6.61 Å². The van der Waals surface area contributed by atoms with E-state index in [4.69, 9.17) is 4.74 Å². The van der Waals surface area contributed by atoms with E-state index in [0.29, 0.717) is 12.1 Å². The number of likely N-dealkylation sites (tertiary alicyclic amines) is 1. The Hall–Kier alpha value is -0.120. The number of rotatable bonds is 7. The minimum Gasteiger partial charge on any atom is -0.383 e. The number of ether oxygens (including phenoxy) is 1. The van der Waals surface area contributed by atoms with E-state index in [1.165, 1.54) is 32.4 Å². The van der Waals surface area contributed by atoms with Crippen LogP contribution in [-0.2, 0) is 4.74 Å². The molecule has 102 valence electrons. The average Bonchev–Trinajstić information content (AvgIpc) is 2.34. The van der Waals surface area contributed by atoms with Crippen molar-refractivity contribution in [3.05, 3.63) is 0 Å². The molecule has 0 aromatic heterocycles. The van der Waals surface area contributed by atoms with Gasteiger partial charge in [0.15, 0.2) is 0 Å². The highest BCUT2D eigenvalue weighted by molar-refractivity contribution is 4.80. The fraction of sp³-hybridized carbons (Fsp3) is 1.00. The van der Waals surface area contributed by atoms with Gasteiger partial charge in [0, 0.05) is 25.7 Å². The topological polar surface area (TPSA) is 24.5 Å². The number of hydrogen-bond donors (Lipinski definition) is 1. The van der Waals surface area contributed by atoms with Gasteiger partial charge in [0.25, 0.3) is 0 Å². The minimum absolute atomic E-state index is 0.603. The van der Waals surface area contributed by atoms with E-state index >= 15 is 0 Å². The Kier molecular flexibility index (Phi) is 7.09. The molecule has 0 amide bonds. The maximum Gasteiger partial charge on any atom is 0.0617 e. The Morgan fingerprint density at radius 2 is 2.18 bits per heavy atom. The number of nitrogens with zero attached hydrogens (tertiary/aromatic N) is 1. The highest BCUT2D eigenvalue weighted by atomic mass is 16.5. The first-order chi connectivity index (χ1) is 8.17. The van der Waals surface area contributed by atoms with Crippen LogP contribution >= 0.6 is 0 Å². The fourth-order valence-electron chi connectivity index (χ4n) is 2.67. The van der Waals surface area contributed by atoms with Crippen LogP contribution in [0.4, 0.5) is 0 Å². The molecule has 1 heterocycles. The number of nitrogens with one attached hydrogen (secondary N) is 1. The summed E-state index contributed by atoms with van der Waals surface area (Å²) < 4.78 is 5.32. The van der Waals surface area contributed by atoms with Crippen molar-refractivity contribution < 1.29 is 4.74 Å². The lowest BCUT2D eigenvalue weighted by molar-refractivity contribution is 0.0570. The van der Waals surface area contributed by atoms with Gasteiger partial charge in [-0.1, -0.05) is 20.8 Å². The van der Waals surface area contributed by atoms with Crippen LogP contribution < -0.4 is 5.32 Å². The first-order valence-electron chi connectivity index (χ1n) is 7.13. The normalized spacial score (nSPS) is 24.2. The first kappa shape index (κ1) is 14.9. The van der Waals surface area contributed by atoms with E-state index in [-0.39, 0.29) is 0 Å². The number of hydrogen-bond acceptors (Lipinski definition) is 3. The summed E-state index contributed by atoms with van der Waals surface area (Å²) >= 11 is 0. The molecule has 0 bridgehead atoms. The monoisotopic (exact) mass is 242 g/mol. The largest absolute Gasteiger partial charge is 0.383 e. The standard InChI is InChI=1S/C14H30N2O/c1-5-14(11-17-4)16-8-6-7-13(10-16)9-15-12(2)3/h12-15H,5-11H2,1-4H3. The van der Waals surface area contributed by atoms with Crippen LogP contribution in [0.5, 0.6) is 0 Å². The molecule has 0 radical (unpaired) electrons. The zero-order valence-electron chi connectivity index (χ0n) is 12.0. The van der Waals surface area contributed by atoms with Crippen molar-refractivity contribution in [2.45, 2.75) is 52.1 Å². The second-order valence-electron chi connectivity index (χ2n) is 5.58. The molecule has 3 heteroatoms. The summed E-state index contributed by atoms with van der Waals surface area (Å²) in [7, 11) is 1.81. The summed E-state index contributed by atoms with van der Waals surface area (Å²) in [6.45, 7) is 11.2. The zero-order valence-corrected chi connectivity index (χ0v) is 12.0. The van der Waals surface area contributed by atoms with Crippen LogP contribution in [0, 0.1) is 5.92 Å². The summed E-state index contributed by atoms with van der Waals surface area (Å²) in [5.74, 6) is 0.817. The first-order valence-corrected chi connectivity index (χ1v) is 7.13. The molecule has 1 rings (SSSR count). The van der Waals surface area contributed by atoms with Crippen LogP contribution in [0.1, 0.15) is 40.0 Å². The van der Waals surface area contributed by atoms with Gasteiger partial charge in [-0.3, -0.25) is 4.90 Å². The molecule has 3 nitrogen and oxygen atoms in total. The molecule has 2 unspecified atom stereocenters. The van der Waals surface area contributed by atoms with Crippen molar-refractivity contribution in [3.8, 4) is 0 Å². The van der Waals surface area contributed by atoms with Crippen LogP contribution in [0.25, 0.3) is 0 Å². The highest BCUT2D eigenvalue weighted by Gasteiger charge is 2.24. The summed E-state index contributed by atoms with van der Waals surface area (Å²) in [6.07, 6.45) is 3.91. The Balaban J connectivity index is 2.36. The molecule has 1 aliphatic rings. The predicted molar refractivity (Wildman–Crippen MR) is 73.4 cm³/mol. The molecular formula is C14H30N2O. The van der Waals surface area contributed by atoms with Gasteiger partial charge in [-0.2, -0.15) is 0 Å². The molecule has 1 aliphatic heterocycles. The van der Waals surface area contributed by atoms with E-state index in [9.17, 15) is 0 Å². The highest BCUT2D eigenvalue weighted by Crippen LogP contribution is 2.19. The predicted octanol–water partition coefficient (Wildman–Crippen LogP) is 2.12. The molecule has 0 aromatic carbocycles. The summed E-state index contributed by atoms with van der Waals surface area (Å²) in [5.41, 5.74) is 0. The third-order valence-electron chi connectivity index (χ3n) is 3.71. The van der Waals surface area contributed by atoms with Crippen LogP contribution in [-0.4, -0.2) is 50.3 Å². The zero-order chi connectivity index (χ0) is 12.7. The van der Waals surface area contributed by atoms with E-state index in [1.807, 2.05) is 7.11 Å². The quantitative estimate of drug-likeness (QED) is 0.740.